The Kier molecular flexibility index (Phi) is 5.16. The molecule has 3 aliphatic rings. The number of rotatable bonds is 3. The highest BCUT2D eigenvalue weighted by Gasteiger charge is 2.31. The van der Waals surface area contributed by atoms with Gasteiger partial charge in [0.15, 0.2) is 0 Å². The van der Waals surface area contributed by atoms with Crippen LogP contribution in [0.3, 0.4) is 0 Å². The molecule has 1 aliphatic carbocycles. The summed E-state index contributed by atoms with van der Waals surface area (Å²) in [6.45, 7) is 5.37. The maximum atomic E-state index is 13.0. The number of hydrogen-bond donors (Lipinski definition) is 1. The lowest BCUT2D eigenvalue weighted by atomic mass is 10.1. The smallest absolute Gasteiger partial charge is 0.271 e. The summed E-state index contributed by atoms with van der Waals surface area (Å²) in [6.07, 6.45) is 7.24. The molecule has 6 heteroatoms. The topological polar surface area (TPSA) is 55.9 Å². The second kappa shape index (κ2) is 7.72. The van der Waals surface area contributed by atoms with E-state index in [4.69, 9.17) is 0 Å². The van der Waals surface area contributed by atoms with E-state index in [1.54, 1.807) is 6.08 Å². The predicted octanol–water partition coefficient (Wildman–Crippen LogP) is 2.21. The molecule has 1 saturated heterocycles. The Morgan fingerprint density at radius 1 is 1.07 bits per heavy atom. The van der Waals surface area contributed by atoms with Crippen molar-refractivity contribution in [3.63, 3.8) is 0 Å². The van der Waals surface area contributed by atoms with Gasteiger partial charge in [0.2, 0.25) is 5.91 Å². The van der Waals surface area contributed by atoms with Gasteiger partial charge in [-0.1, -0.05) is 31.0 Å². The molecule has 1 N–H and O–H groups in total. The van der Waals surface area contributed by atoms with Crippen LogP contribution in [0.1, 0.15) is 37.7 Å². The summed E-state index contributed by atoms with van der Waals surface area (Å²) in [4.78, 5) is 29.8. The number of anilines is 1. The van der Waals surface area contributed by atoms with Gasteiger partial charge in [-0.2, -0.15) is 0 Å². The van der Waals surface area contributed by atoms with E-state index in [9.17, 15) is 9.59 Å². The Hall–Kier alpha value is -2.34. The van der Waals surface area contributed by atoms with Gasteiger partial charge in [-0.05, 0) is 37.5 Å². The lowest BCUT2D eigenvalue weighted by Crippen LogP contribution is -2.55. The number of benzene rings is 1. The van der Waals surface area contributed by atoms with Gasteiger partial charge in [0.1, 0.15) is 5.70 Å². The zero-order chi connectivity index (χ0) is 18.8. The van der Waals surface area contributed by atoms with Gasteiger partial charge in [0, 0.05) is 38.6 Å². The number of hydrogen-bond acceptors (Lipinski definition) is 4. The lowest BCUT2D eigenvalue weighted by Gasteiger charge is -2.39. The number of aryl methyl sites for hydroxylation is 1. The molecule has 0 aromatic heterocycles. The molecule has 27 heavy (non-hydrogen) atoms. The fraction of sp³-hybridized carbons (Fsp3) is 0.524. The minimum atomic E-state index is -0.0492. The molecule has 0 atom stereocenters. The van der Waals surface area contributed by atoms with Crippen LogP contribution in [0.5, 0.6) is 0 Å². The Morgan fingerprint density at radius 2 is 1.78 bits per heavy atom. The van der Waals surface area contributed by atoms with E-state index in [1.165, 1.54) is 30.7 Å². The monoisotopic (exact) mass is 368 g/mol. The van der Waals surface area contributed by atoms with Gasteiger partial charge in [-0.3, -0.25) is 19.9 Å². The average molecular weight is 368 g/mol. The molecule has 0 bridgehead atoms. The fourth-order valence-corrected chi connectivity index (χ4v) is 4.38. The summed E-state index contributed by atoms with van der Waals surface area (Å²) in [5, 5.41) is 1.51. The molecule has 2 heterocycles. The van der Waals surface area contributed by atoms with E-state index in [1.807, 2.05) is 36.1 Å². The number of amides is 2. The molecule has 4 rings (SSSR count). The molecule has 2 aliphatic heterocycles. The van der Waals surface area contributed by atoms with Crippen molar-refractivity contribution in [2.45, 2.75) is 45.1 Å². The van der Waals surface area contributed by atoms with Crippen LogP contribution in [-0.4, -0.2) is 53.8 Å². The Bertz CT molecular complexity index is 746. The van der Waals surface area contributed by atoms with Crippen molar-refractivity contribution in [1.82, 2.24) is 15.2 Å². The van der Waals surface area contributed by atoms with Crippen molar-refractivity contribution in [3.8, 4) is 0 Å². The molecule has 1 aromatic carbocycles. The summed E-state index contributed by atoms with van der Waals surface area (Å²) in [7, 11) is 0. The Morgan fingerprint density at radius 3 is 2.48 bits per heavy atom. The first-order valence-electron chi connectivity index (χ1n) is 10.0. The third kappa shape index (κ3) is 3.72. The fourth-order valence-electron chi connectivity index (χ4n) is 4.38. The van der Waals surface area contributed by atoms with Gasteiger partial charge in [-0.25, -0.2) is 5.01 Å². The highest BCUT2D eigenvalue weighted by atomic mass is 16.2. The number of piperazine rings is 1. The lowest BCUT2D eigenvalue weighted by molar-refractivity contribution is -0.129. The van der Waals surface area contributed by atoms with E-state index in [0.717, 1.165) is 37.4 Å². The quantitative estimate of drug-likeness (QED) is 0.889. The molecule has 0 radical (unpaired) electrons. The highest BCUT2D eigenvalue weighted by Crippen LogP contribution is 2.25. The second-order valence-electron chi connectivity index (χ2n) is 7.72. The van der Waals surface area contributed by atoms with Crippen molar-refractivity contribution in [1.29, 1.82) is 0 Å². The first kappa shape index (κ1) is 18.0. The van der Waals surface area contributed by atoms with Crippen molar-refractivity contribution in [2.75, 3.05) is 31.2 Å². The molecule has 2 amide bonds. The molecule has 0 unspecified atom stereocenters. The number of carbonyl (C=O) groups excluding carboxylic acids is 2. The SMILES string of the molecule is Cc1ccccc1N1NC(C(=O)N2CCN(C3CCCC3)CC2)=CCC1=O. The zero-order valence-electron chi connectivity index (χ0n) is 16.0. The second-order valence-corrected chi connectivity index (χ2v) is 7.72. The van der Waals surface area contributed by atoms with Crippen molar-refractivity contribution < 1.29 is 9.59 Å². The van der Waals surface area contributed by atoms with Crippen molar-refractivity contribution >= 4 is 17.5 Å². The van der Waals surface area contributed by atoms with Crippen LogP contribution < -0.4 is 10.4 Å². The molecular weight excluding hydrogens is 340 g/mol. The molecule has 0 spiro atoms. The predicted molar refractivity (Wildman–Crippen MR) is 105 cm³/mol. The van der Waals surface area contributed by atoms with Crippen molar-refractivity contribution in [2.24, 2.45) is 0 Å². The zero-order valence-corrected chi connectivity index (χ0v) is 16.0. The molecule has 144 valence electrons. The van der Waals surface area contributed by atoms with Crippen LogP contribution in [0, 0.1) is 6.92 Å². The number of hydrazine groups is 1. The van der Waals surface area contributed by atoms with E-state index in [-0.39, 0.29) is 18.2 Å². The van der Waals surface area contributed by atoms with Gasteiger partial charge in [-0.15, -0.1) is 0 Å². The van der Waals surface area contributed by atoms with E-state index < -0.39 is 0 Å². The van der Waals surface area contributed by atoms with Crippen molar-refractivity contribution in [3.05, 3.63) is 41.6 Å². The standard InChI is InChI=1S/C21H28N4O2/c1-16-6-2-5-9-19(16)25-20(26)11-10-18(22-25)21(27)24-14-12-23(13-15-24)17-7-3-4-8-17/h2,5-6,9-10,17,22H,3-4,7-8,11-15H2,1H3. The van der Waals surface area contributed by atoms with Gasteiger partial charge in [0.05, 0.1) is 5.69 Å². The molecule has 1 aromatic rings. The average Bonchev–Trinajstić information content (AvgIpc) is 3.23. The van der Waals surface area contributed by atoms with Gasteiger partial charge < -0.3 is 4.90 Å². The first-order chi connectivity index (χ1) is 13.1. The summed E-state index contributed by atoms with van der Waals surface area (Å²) < 4.78 is 0. The number of para-hydroxylation sites is 1. The van der Waals surface area contributed by atoms with Crippen LogP contribution in [0.25, 0.3) is 0 Å². The van der Waals surface area contributed by atoms with Gasteiger partial charge in [0.25, 0.3) is 5.91 Å². The summed E-state index contributed by atoms with van der Waals surface area (Å²) in [5.41, 5.74) is 5.37. The summed E-state index contributed by atoms with van der Waals surface area (Å²) >= 11 is 0. The maximum Gasteiger partial charge on any atom is 0.271 e. The Labute approximate surface area is 160 Å². The van der Waals surface area contributed by atoms with E-state index in [2.05, 4.69) is 10.3 Å². The highest BCUT2D eigenvalue weighted by molar-refractivity contribution is 6.01. The molecule has 2 fully saturated rings. The summed E-state index contributed by atoms with van der Waals surface area (Å²) in [6, 6.07) is 8.42. The minimum Gasteiger partial charge on any atom is -0.335 e. The third-order valence-electron chi connectivity index (χ3n) is 5.99. The number of nitrogens with zero attached hydrogens (tertiary/aromatic N) is 3. The number of nitrogens with one attached hydrogen (secondary N) is 1. The van der Waals surface area contributed by atoms with Crippen LogP contribution in [0.4, 0.5) is 5.69 Å². The molecular formula is C21H28N4O2. The molecule has 6 nitrogen and oxygen atoms in total. The van der Waals surface area contributed by atoms with Crippen LogP contribution in [0.2, 0.25) is 0 Å². The molecule has 1 saturated carbocycles. The Balaban J connectivity index is 1.40. The van der Waals surface area contributed by atoms with Crippen LogP contribution in [-0.2, 0) is 9.59 Å². The number of carbonyl (C=O) groups is 2. The largest absolute Gasteiger partial charge is 0.335 e. The third-order valence-corrected chi connectivity index (χ3v) is 5.99. The first-order valence-corrected chi connectivity index (χ1v) is 10.0. The maximum absolute atomic E-state index is 13.0. The van der Waals surface area contributed by atoms with Gasteiger partial charge >= 0.3 is 0 Å². The van der Waals surface area contributed by atoms with E-state index in [0.29, 0.717) is 11.7 Å². The summed E-state index contributed by atoms with van der Waals surface area (Å²) in [5.74, 6) is -0.0564. The normalized spacial score (nSPS) is 22.0. The van der Waals surface area contributed by atoms with E-state index >= 15 is 0 Å². The minimum absolute atomic E-state index is 0.00726. The van der Waals surface area contributed by atoms with Crippen LogP contribution >= 0.6 is 0 Å². The van der Waals surface area contributed by atoms with Crippen LogP contribution in [0.15, 0.2) is 36.0 Å².